The molecule has 5 heterocycles. The van der Waals surface area contributed by atoms with Gasteiger partial charge >= 0.3 is 0 Å². The Morgan fingerprint density at radius 2 is 1.90 bits per heavy atom. The second kappa shape index (κ2) is 10.3. The third-order valence-corrected chi connectivity index (χ3v) is 8.68. The number of piperidine rings is 1. The number of aromatic nitrogens is 5. The molecule has 2 fully saturated rings. The molecular weight excluding hydrogens is 552 g/mol. The van der Waals surface area contributed by atoms with Gasteiger partial charge in [-0.1, -0.05) is 38.1 Å². The number of fused-ring (bicyclic) bond motifs is 3. The lowest BCUT2D eigenvalue weighted by atomic mass is 9.74. The molecule has 2 aliphatic rings. The monoisotopic (exact) mass is 586 g/mol. The van der Waals surface area contributed by atoms with E-state index in [9.17, 15) is 13.8 Å². The third-order valence-electron chi connectivity index (χ3n) is 8.05. The van der Waals surface area contributed by atoms with E-state index in [1.807, 2.05) is 24.3 Å². The Morgan fingerprint density at radius 1 is 1.14 bits per heavy atom. The number of nitrogens with zero attached hydrogens (tertiary/aromatic N) is 7. The van der Waals surface area contributed by atoms with Gasteiger partial charge in [0.05, 0.1) is 12.6 Å². The zero-order valence-corrected chi connectivity index (χ0v) is 25.0. The molecule has 0 saturated carbocycles. The zero-order valence-electron chi connectivity index (χ0n) is 24.1. The Labute approximate surface area is 244 Å². The second-order valence-corrected chi connectivity index (χ2v) is 14.3. The fourth-order valence-electron chi connectivity index (χ4n) is 6.15. The number of anilines is 2. The van der Waals surface area contributed by atoms with Crippen molar-refractivity contribution >= 4 is 44.0 Å². The molecule has 3 aromatic heterocycles. The standard InChI is InChI=1S/C30H34N8O3S/c1-6-15-37-28(40)22-17-31-29(34-27(22)38(37)24-9-7-8-23(33-24)35-42(4,5)41)32-21-12-10-20(11-13-21)30(2,3)26-25(39)19-14-16-36(26)18-19/h6-13,17,19,26H,1,14-16,18H2,2-5H3,(H,31,32,34). The minimum Gasteiger partial charge on any atom is -0.324 e. The second-order valence-electron chi connectivity index (χ2n) is 11.8. The summed E-state index contributed by atoms with van der Waals surface area (Å²) < 4.78 is 19.6. The predicted molar refractivity (Wildman–Crippen MR) is 164 cm³/mol. The molecule has 1 aromatic carbocycles. The van der Waals surface area contributed by atoms with E-state index in [4.69, 9.17) is 4.98 Å². The molecule has 2 aliphatic heterocycles. The molecule has 12 heteroatoms. The topological polar surface area (TPSA) is 127 Å². The van der Waals surface area contributed by atoms with Crippen LogP contribution in [0.3, 0.4) is 0 Å². The molecule has 0 radical (unpaired) electrons. The average Bonchev–Trinajstić information content (AvgIpc) is 3.61. The third kappa shape index (κ3) is 4.94. The van der Waals surface area contributed by atoms with Crippen molar-refractivity contribution in [3.05, 3.63) is 77.2 Å². The van der Waals surface area contributed by atoms with Crippen LogP contribution in [-0.2, 0) is 26.5 Å². The van der Waals surface area contributed by atoms with Crippen LogP contribution < -0.4 is 10.9 Å². The smallest absolute Gasteiger partial charge is 0.278 e. The summed E-state index contributed by atoms with van der Waals surface area (Å²) in [4.78, 5) is 42.2. The number of pyridine rings is 1. The fourth-order valence-corrected chi connectivity index (χ4v) is 6.71. The van der Waals surface area contributed by atoms with E-state index in [0.717, 1.165) is 30.8 Å². The van der Waals surface area contributed by atoms with Crippen LogP contribution >= 0.6 is 0 Å². The van der Waals surface area contributed by atoms with E-state index in [0.29, 0.717) is 34.4 Å². The highest BCUT2D eigenvalue weighted by molar-refractivity contribution is 7.92. The number of nitrogens with one attached hydrogen (secondary N) is 1. The summed E-state index contributed by atoms with van der Waals surface area (Å²) in [6.45, 7) is 10.1. The van der Waals surface area contributed by atoms with Crippen molar-refractivity contribution < 1.29 is 9.00 Å². The highest BCUT2D eigenvalue weighted by Crippen LogP contribution is 2.41. The minimum atomic E-state index is -2.43. The summed E-state index contributed by atoms with van der Waals surface area (Å²) >= 11 is 0. The van der Waals surface area contributed by atoms with Gasteiger partial charge < -0.3 is 5.32 Å². The van der Waals surface area contributed by atoms with Crippen molar-refractivity contribution in [1.29, 1.82) is 0 Å². The summed E-state index contributed by atoms with van der Waals surface area (Å²) in [6, 6.07) is 13.0. The van der Waals surface area contributed by atoms with E-state index >= 15 is 0 Å². The van der Waals surface area contributed by atoms with Crippen LogP contribution in [0.1, 0.15) is 25.8 Å². The van der Waals surface area contributed by atoms with Gasteiger partial charge in [-0.05, 0) is 42.8 Å². The molecule has 42 heavy (non-hydrogen) atoms. The van der Waals surface area contributed by atoms with Gasteiger partial charge in [-0.2, -0.15) is 9.35 Å². The summed E-state index contributed by atoms with van der Waals surface area (Å²) in [5.41, 5.74) is 1.62. The maximum Gasteiger partial charge on any atom is 0.278 e. The summed E-state index contributed by atoms with van der Waals surface area (Å²) in [5.74, 6) is 1.53. The number of carbonyl (C=O) groups is 1. The highest BCUT2D eigenvalue weighted by atomic mass is 32.2. The molecule has 6 rings (SSSR count). The lowest BCUT2D eigenvalue weighted by molar-refractivity contribution is -0.126. The first-order chi connectivity index (χ1) is 20.0. The van der Waals surface area contributed by atoms with Gasteiger partial charge in [-0.3, -0.25) is 14.5 Å². The van der Waals surface area contributed by atoms with Gasteiger partial charge in [0.1, 0.15) is 5.39 Å². The van der Waals surface area contributed by atoms with E-state index in [2.05, 4.69) is 45.0 Å². The van der Waals surface area contributed by atoms with Crippen molar-refractivity contribution in [3.63, 3.8) is 0 Å². The number of Topliss-reactive ketones (excluding diaryl/α,β-unsaturated/α-hetero) is 1. The van der Waals surface area contributed by atoms with Gasteiger partial charge in [0.2, 0.25) is 5.95 Å². The quantitative estimate of drug-likeness (QED) is 0.309. The first-order valence-electron chi connectivity index (χ1n) is 13.9. The molecule has 3 atom stereocenters. The van der Waals surface area contributed by atoms with Crippen LogP contribution in [0.2, 0.25) is 0 Å². The number of ketones is 1. The number of hydrogen-bond donors (Lipinski definition) is 1. The maximum absolute atomic E-state index is 13.3. The minimum absolute atomic E-state index is 0.0989. The molecule has 4 aromatic rings. The molecule has 2 bridgehead atoms. The number of benzene rings is 1. The molecule has 0 aliphatic carbocycles. The van der Waals surface area contributed by atoms with Crippen LogP contribution in [0.4, 0.5) is 17.5 Å². The van der Waals surface area contributed by atoms with Crippen molar-refractivity contribution in [2.24, 2.45) is 10.3 Å². The number of rotatable bonds is 8. The Morgan fingerprint density at radius 3 is 2.57 bits per heavy atom. The SMILES string of the molecule is C=CCn1c(=O)c2cnc(Nc3ccc(C(C)(C)C4C(=O)C5CCN4C5)cc3)nc2n1-c1cccc(N=S(C)(C)=O)n1. The van der Waals surface area contributed by atoms with E-state index in [1.54, 1.807) is 29.0 Å². The fraction of sp³-hybridized carbons (Fsp3) is 0.367. The van der Waals surface area contributed by atoms with Crippen LogP contribution in [-0.4, -0.2) is 70.9 Å². The molecule has 218 valence electrons. The van der Waals surface area contributed by atoms with Gasteiger partial charge in [-0.15, -0.1) is 6.58 Å². The zero-order chi connectivity index (χ0) is 29.8. The average molecular weight is 587 g/mol. The van der Waals surface area contributed by atoms with E-state index in [1.165, 1.54) is 23.4 Å². The van der Waals surface area contributed by atoms with Crippen LogP contribution in [0.5, 0.6) is 0 Å². The largest absolute Gasteiger partial charge is 0.324 e. The van der Waals surface area contributed by atoms with Crippen molar-refractivity contribution in [3.8, 4) is 5.82 Å². The Hall–Kier alpha value is -4.16. The molecule has 3 unspecified atom stereocenters. The maximum atomic E-state index is 13.3. The van der Waals surface area contributed by atoms with Gasteiger partial charge in [0.25, 0.3) is 5.56 Å². The molecular formula is C30H34N8O3S. The normalized spacial score (nSPS) is 20.3. The van der Waals surface area contributed by atoms with Crippen molar-refractivity contribution in [1.82, 2.24) is 29.2 Å². The Bertz CT molecular complexity index is 1890. The summed E-state index contributed by atoms with van der Waals surface area (Å²) in [6.07, 6.45) is 7.16. The number of hydrogen-bond acceptors (Lipinski definition) is 9. The lowest BCUT2D eigenvalue weighted by Gasteiger charge is -2.38. The lowest BCUT2D eigenvalue weighted by Crippen LogP contribution is -2.49. The summed E-state index contributed by atoms with van der Waals surface area (Å²) in [7, 11) is -2.43. The molecule has 2 saturated heterocycles. The van der Waals surface area contributed by atoms with E-state index in [-0.39, 0.29) is 29.5 Å². The molecule has 0 amide bonds. The van der Waals surface area contributed by atoms with E-state index < -0.39 is 9.73 Å². The van der Waals surface area contributed by atoms with Gasteiger partial charge in [0, 0.05) is 52.0 Å². The van der Waals surface area contributed by atoms with Gasteiger partial charge in [-0.25, -0.2) is 23.5 Å². The number of allylic oxidation sites excluding steroid dienone is 1. The molecule has 11 nitrogen and oxygen atoms in total. The Balaban J connectivity index is 1.34. The molecule has 1 N–H and O–H groups in total. The Kier molecular flexibility index (Phi) is 6.85. The number of carbonyl (C=O) groups excluding carboxylic acids is 1. The van der Waals surface area contributed by atoms with Crippen LogP contribution in [0.25, 0.3) is 16.9 Å². The first kappa shape index (κ1) is 28.0. The van der Waals surface area contributed by atoms with Crippen LogP contribution in [0.15, 0.2) is 70.5 Å². The first-order valence-corrected chi connectivity index (χ1v) is 16.2. The summed E-state index contributed by atoms with van der Waals surface area (Å²) in [5, 5.41) is 3.56. The van der Waals surface area contributed by atoms with Crippen LogP contribution in [0, 0.1) is 5.92 Å². The van der Waals surface area contributed by atoms with Gasteiger partial charge in [0.15, 0.2) is 23.1 Å². The van der Waals surface area contributed by atoms with Crippen molar-refractivity contribution in [2.45, 2.75) is 38.3 Å². The molecule has 0 spiro atoms. The highest BCUT2D eigenvalue weighted by Gasteiger charge is 2.51. The predicted octanol–water partition coefficient (Wildman–Crippen LogP) is 3.82. The van der Waals surface area contributed by atoms with Crippen molar-refractivity contribution in [2.75, 3.05) is 30.9 Å².